The van der Waals surface area contributed by atoms with Crippen molar-refractivity contribution in [1.29, 1.82) is 0 Å². The summed E-state index contributed by atoms with van der Waals surface area (Å²) in [5, 5.41) is 2.55. The molecule has 0 aliphatic heterocycles. The third-order valence-electron chi connectivity index (χ3n) is 10.2. The van der Waals surface area contributed by atoms with E-state index in [1.54, 1.807) is 0 Å². The molecule has 0 spiro atoms. The molecule has 0 unspecified atom stereocenters. The summed E-state index contributed by atoms with van der Waals surface area (Å²) in [4.78, 5) is 11.8. The van der Waals surface area contributed by atoms with Crippen LogP contribution in [0.25, 0.3) is 0 Å². The lowest BCUT2D eigenvalue weighted by Gasteiger charge is -2.42. The van der Waals surface area contributed by atoms with Crippen molar-refractivity contribution in [3.8, 4) is 0 Å². The Bertz CT molecular complexity index is 1290. The number of carbonyl (C=O) groups excluding carboxylic acids is 1. The van der Waals surface area contributed by atoms with E-state index in [9.17, 15) is 4.79 Å². The van der Waals surface area contributed by atoms with Gasteiger partial charge in [-0.25, -0.2) is 0 Å². The summed E-state index contributed by atoms with van der Waals surface area (Å²) in [5.41, 5.74) is 0. The van der Waals surface area contributed by atoms with Gasteiger partial charge in [0.25, 0.3) is 8.32 Å². The highest BCUT2D eigenvalue weighted by Gasteiger charge is 2.50. The van der Waals surface area contributed by atoms with E-state index in [2.05, 4.69) is 160 Å². The van der Waals surface area contributed by atoms with Crippen molar-refractivity contribution >= 4 is 41.3 Å². The zero-order chi connectivity index (χ0) is 36.8. The minimum atomic E-state index is -2.58. The molecule has 0 N–H and O–H groups in total. The Morgan fingerprint density at radius 2 is 1.24 bits per heavy atom. The maximum atomic E-state index is 11.8. The van der Waals surface area contributed by atoms with Crippen LogP contribution in [0.3, 0.4) is 0 Å². The predicted molar refractivity (Wildman–Crippen MR) is 216 cm³/mol. The molecule has 0 saturated carbocycles. The first-order valence-electron chi connectivity index (χ1n) is 18.2. The first-order chi connectivity index (χ1) is 23.0. The standard InChI is InChI=1S/C41H66O5Si3/c1-13-48(14-2,15-3)46-37(34-43-35(4)42)33-36(45-47(11,12)40(5,6)7)27-21-17-16-18-26-32-44-49(41(8,9)10,38-28-22-19-23-29-38)39-30-24-20-25-31-39/h16-31,36-37H,13-15,32-34H2,1-12H3/b17-16-,26-18+,27-21-/t36-,37+/m0/s1. The van der Waals surface area contributed by atoms with E-state index >= 15 is 0 Å². The smallest absolute Gasteiger partial charge is 0.302 e. The van der Waals surface area contributed by atoms with Gasteiger partial charge in [0.1, 0.15) is 6.61 Å². The van der Waals surface area contributed by atoms with Crippen LogP contribution in [0.4, 0.5) is 0 Å². The summed E-state index contributed by atoms with van der Waals surface area (Å²) in [6.07, 6.45) is 12.7. The molecule has 5 nitrogen and oxygen atoms in total. The minimum absolute atomic E-state index is 0.0593. The molecular weight excluding hydrogens is 657 g/mol. The van der Waals surface area contributed by atoms with Gasteiger partial charge in [-0.1, -0.05) is 159 Å². The number of allylic oxidation sites excluding steroid dienone is 4. The summed E-state index contributed by atoms with van der Waals surface area (Å²) in [5.74, 6) is -0.281. The molecule has 0 saturated heterocycles. The van der Waals surface area contributed by atoms with Crippen molar-refractivity contribution in [2.24, 2.45) is 0 Å². The van der Waals surface area contributed by atoms with E-state index in [-0.39, 0.29) is 34.9 Å². The van der Waals surface area contributed by atoms with Crippen molar-refractivity contribution in [3.05, 3.63) is 97.1 Å². The highest BCUT2D eigenvalue weighted by molar-refractivity contribution is 6.99. The Balaban J connectivity index is 2.28. The molecule has 2 rings (SSSR count). The molecule has 0 radical (unpaired) electrons. The summed E-state index contributed by atoms with van der Waals surface area (Å²) < 4.78 is 26.3. The molecule has 0 fully saturated rings. The van der Waals surface area contributed by atoms with Crippen LogP contribution in [0.2, 0.25) is 41.3 Å². The van der Waals surface area contributed by atoms with E-state index in [0.29, 0.717) is 13.0 Å². The SMILES string of the molecule is CC[Si](CC)(CC)O[C@@H](COC(C)=O)C[C@H](\C=C/C=C\C=C\CO[Si](c1ccccc1)(c1ccccc1)C(C)(C)C)O[Si](C)(C)C(C)(C)C. The van der Waals surface area contributed by atoms with Crippen LogP contribution < -0.4 is 10.4 Å². The lowest BCUT2D eigenvalue weighted by atomic mass is 10.1. The number of hydrogen-bond donors (Lipinski definition) is 0. The van der Waals surface area contributed by atoms with Crippen molar-refractivity contribution in [1.82, 2.24) is 0 Å². The Kier molecular flexibility index (Phi) is 16.9. The van der Waals surface area contributed by atoms with Gasteiger partial charge in [0.05, 0.1) is 18.8 Å². The summed E-state index contributed by atoms with van der Waals surface area (Å²) in [7, 11) is -6.60. The van der Waals surface area contributed by atoms with Crippen LogP contribution in [-0.4, -0.2) is 56.3 Å². The molecule has 2 atom stereocenters. The zero-order valence-corrected chi connectivity index (χ0v) is 35.7. The molecule has 0 aromatic heterocycles. The first kappa shape index (κ1) is 42.8. The van der Waals surface area contributed by atoms with Crippen LogP contribution in [0.15, 0.2) is 97.1 Å². The average Bonchev–Trinajstić information content (AvgIpc) is 3.05. The van der Waals surface area contributed by atoms with Gasteiger partial charge in [-0.15, -0.1) is 0 Å². The minimum Gasteiger partial charge on any atom is -0.463 e. The molecule has 0 amide bonds. The molecule has 0 aliphatic rings. The monoisotopic (exact) mass is 722 g/mol. The fourth-order valence-electron chi connectivity index (χ4n) is 6.08. The largest absolute Gasteiger partial charge is 0.463 e. The molecule has 49 heavy (non-hydrogen) atoms. The number of benzene rings is 2. The number of ether oxygens (including phenoxy) is 1. The highest BCUT2D eigenvalue weighted by Crippen LogP contribution is 2.39. The zero-order valence-electron chi connectivity index (χ0n) is 32.7. The van der Waals surface area contributed by atoms with Crippen molar-refractivity contribution in [2.75, 3.05) is 13.2 Å². The summed E-state index contributed by atoms with van der Waals surface area (Å²) in [6.45, 7) is 27.1. The van der Waals surface area contributed by atoms with Gasteiger partial charge in [-0.3, -0.25) is 4.79 Å². The van der Waals surface area contributed by atoms with Crippen LogP contribution in [0, 0.1) is 0 Å². The average molecular weight is 723 g/mol. The molecule has 0 aliphatic carbocycles. The van der Waals surface area contributed by atoms with Crippen LogP contribution in [-0.2, 0) is 22.8 Å². The molecule has 2 aromatic carbocycles. The maximum absolute atomic E-state index is 11.8. The second kappa shape index (κ2) is 19.3. The van der Waals surface area contributed by atoms with Gasteiger partial charge < -0.3 is 18.0 Å². The fourth-order valence-corrected chi connectivity index (χ4v) is 14.7. The van der Waals surface area contributed by atoms with Gasteiger partial charge in [0.15, 0.2) is 16.6 Å². The maximum Gasteiger partial charge on any atom is 0.302 e. The van der Waals surface area contributed by atoms with Gasteiger partial charge in [0, 0.05) is 13.3 Å². The highest BCUT2D eigenvalue weighted by atomic mass is 28.4. The second-order valence-electron chi connectivity index (χ2n) is 15.6. The number of hydrogen-bond acceptors (Lipinski definition) is 5. The quantitative estimate of drug-likeness (QED) is 0.0821. The van der Waals surface area contributed by atoms with Crippen LogP contribution in [0.1, 0.15) is 75.7 Å². The molecule has 0 bridgehead atoms. The van der Waals surface area contributed by atoms with Gasteiger partial charge in [-0.2, -0.15) is 0 Å². The second-order valence-corrected chi connectivity index (χ2v) is 29.4. The van der Waals surface area contributed by atoms with E-state index in [1.807, 2.05) is 12.2 Å². The third kappa shape index (κ3) is 12.4. The lowest BCUT2D eigenvalue weighted by molar-refractivity contribution is -0.144. The normalized spacial score (nSPS) is 14.9. The Labute approximate surface area is 302 Å². The Morgan fingerprint density at radius 1 is 0.735 bits per heavy atom. The van der Waals surface area contributed by atoms with Gasteiger partial charge in [-0.05, 0) is 51.7 Å². The molecule has 2 aromatic rings. The van der Waals surface area contributed by atoms with Crippen molar-refractivity contribution in [3.63, 3.8) is 0 Å². The van der Waals surface area contributed by atoms with Gasteiger partial charge in [0.2, 0.25) is 0 Å². The Morgan fingerprint density at radius 3 is 1.69 bits per heavy atom. The van der Waals surface area contributed by atoms with E-state index < -0.39 is 25.0 Å². The Hall–Kier alpha value is -2.34. The topological polar surface area (TPSA) is 54.0 Å². The third-order valence-corrected chi connectivity index (χ3v) is 24.4. The molecule has 8 heteroatoms. The predicted octanol–water partition coefficient (Wildman–Crippen LogP) is 9.97. The van der Waals surface area contributed by atoms with Gasteiger partial charge >= 0.3 is 5.97 Å². The van der Waals surface area contributed by atoms with Crippen LogP contribution in [0.5, 0.6) is 0 Å². The molecule has 0 heterocycles. The lowest BCUT2D eigenvalue weighted by Crippen LogP contribution is -2.66. The van der Waals surface area contributed by atoms with E-state index in [0.717, 1.165) is 18.1 Å². The molecule has 272 valence electrons. The van der Waals surface area contributed by atoms with Crippen molar-refractivity contribution in [2.45, 2.75) is 129 Å². The van der Waals surface area contributed by atoms with Crippen molar-refractivity contribution < 1.29 is 22.8 Å². The number of esters is 1. The number of rotatable bonds is 19. The number of carbonyl (C=O) groups is 1. The summed E-state index contributed by atoms with van der Waals surface area (Å²) in [6, 6.07) is 24.6. The van der Waals surface area contributed by atoms with E-state index in [4.69, 9.17) is 18.0 Å². The fraction of sp³-hybridized carbons (Fsp3) is 0.537. The van der Waals surface area contributed by atoms with E-state index in [1.165, 1.54) is 17.3 Å². The van der Waals surface area contributed by atoms with Crippen LogP contribution >= 0.6 is 0 Å². The first-order valence-corrected chi connectivity index (χ1v) is 25.6. The molecular formula is C41H66O5Si3. The summed E-state index contributed by atoms with van der Waals surface area (Å²) >= 11 is 0.